The Bertz CT molecular complexity index is 538. The van der Waals surface area contributed by atoms with Crippen molar-refractivity contribution in [1.29, 1.82) is 0 Å². The number of halogens is 1. The normalized spacial score (nSPS) is 20.0. The van der Waals surface area contributed by atoms with Crippen LogP contribution >= 0.6 is 15.9 Å². The molecule has 2 heterocycles. The molecule has 1 saturated heterocycles. The molecule has 116 valence electrons. The molecule has 0 spiro atoms. The van der Waals surface area contributed by atoms with Crippen LogP contribution in [-0.4, -0.2) is 23.6 Å². The standard InChI is InChI=1S/C15H22BrN3O2/c1-10(11-4-3-5-17-8-11)6-14(20)18-12-7-13(16)15(21)19(2)9-12/h7,9-11,17H,3-6,8H2,1-2H3,(H,18,20). The third-order valence-corrected chi connectivity index (χ3v) is 4.64. The minimum atomic E-state index is -0.116. The van der Waals surface area contributed by atoms with Crippen molar-refractivity contribution in [2.24, 2.45) is 18.9 Å². The van der Waals surface area contributed by atoms with Crippen LogP contribution < -0.4 is 16.2 Å². The first-order valence-corrected chi connectivity index (χ1v) is 8.13. The molecule has 1 aromatic heterocycles. The molecule has 5 nitrogen and oxygen atoms in total. The molecule has 1 fully saturated rings. The highest BCUT2D eigenvalue weighted by Gasteiger charge is 2.22. The van der Waals surface area contributed by atoms with Crippen LogP contribution in [0.3, 0.4) is 0 Å². The van der Waals surface area contributed by atoms with Gasteiger partial charge in [0.15, 0.2) is 0 Å². The van der Waals surface area contributed by atoms with Gasteiger partial charge in [0, 0.05) is 19.7 Å². The van der Waals surface area contributed by atoms with Crippen molar-refractivity contribution < 1.29 is 4.79 Å². The van der Waals surface area contributed by atoms with Gasteiger partial charge in [-0.3, -0.25) is 9.59 Å². The van der Waals surface area contributed by atoms with E-state index < -0.39 is 0 Å². The van der Waals surface area contributed by atoms with E-state index in [0.717, 1.165) is 13.1 Å². The molecule has 1 aliphatic rings. The molecule has 1 aromatic rings. The summed E-state index contributed by atoms with van der Waals surface area (Å²) in [5, 5.41) is 6.26. The van der Waals surface area contributed by atoms with Crippen molar-refractivity contribution in [2.45, 2.75) is 26.2 Å². The topological polar surface area (TPSA) is 63.1 Å². The lowest BCUT2D eigenvalue weighted by Gasteiger charge is -2.28. The monoisotopic (exact) mass is 355 g/mol. The Hall–Kier alpha value is -1.14. The lowest BCUT2D eigenvalue weighted by atomic mass is 9.85. The first kappa shape index (κ1) is 16.2. The van der Waals surface area contributed by atoms with E-state index in [1.165, 1.54) is 17.4 Å². The van der Waals surface area contributed by atoms with Crippen LogP contribution in [0.25, 0.3) is 0 Å². The molecule has 2 unspecified atom stereocenters. The van der Waals surface area contributed by atoms with Gasteiger partial charge in [-0.05, 0) is 59.8 Å². The molecular formula is C15H22BrN3O2. The second kappa shape index (κ2) is 7.22. The van der Waals surface area contributed by atoms with E-state index in [4.69, 9.17) is 0 Å². The van der Waals surface area contributed by atoms with Gasteiger partial charge in [0.25, 0.3) is 5.56 Å². The first-order chi connectivity index (χ1) is 9.97. The number of hydrogen-bond acceptors (Lipinski definition) is 3. The summed E-state index contributed by atoms with van der Waals surface area (Å²) in [5.74, 6) is 0.920. The van der Waals surface area contributed by atoms with Gasteiger partial charge < -0.3 is 15.2 Å². The summed E-state index contributed by atoms with van der Waals surface area (Å²) >= 11 is 3.21. The predicted molar refractivity (Wildman–Crippen MR) is 87.4 cm³/mol. The predicted octanol–water partition coefficient (Wildman–Crippen LogP) is 2.11. The van der Waals surface area contributed by atoms with E-state index >= 15 is 0 Å². The summed E-state index contributed by atoms with van der Waals surface area (Å²) < 4.78 is 1.90. The molecule has 21 heavy (non-hydrogen) atoms. The second-order valence-corrected chi connectivity index (χ2v) is 6.68. The number of hydrogen-bond donors (Lipinski definition) is 2. The Morgan fingerprint density at radius 1 is 1.62 bits per heavy atom. The summed E-state index contributed by atoms with van der Waals surface area (Å²) in [7, 11) is 1.67. The van der Waals surface area contributed by atoms with Gasteiger partial charge in [-0.15, -0.1) is 0 Å². The Morgan fingerprint density at radius 2 is 2.38 bits per heavy atom. The summed E-state index contributed by atoms with van der Waals surface area (Å²) in [6.45, 7) is 4.22. The largest absolute Gasteiger partial charge is 0.325 e. The third-order valence-electron chi connectivity index (χ3n) is 4.07. The van der Waals surface area contributed by atoms with Gasteiger partial charge in [0.2, 0.25) is 5.91 Å². The van der Waals surface area contributed by atoms with E-state index in [2.05, 4.69) is 33.5 Å². The zero-order valence-electron chi connectivity index (χ0n) is 12.5. The van der Waals surface area contributed by atoms with Crippen LogP contribution in [0, 0.1) is 11.8 Å². The van der Waals surface area contributed by atoms with E-state index in [9.17, 15) is 9.59 Å². The quantitative estimate of drug-likeness (QED) is 0.869. The smallest absolute Gasteiger partial charge is 0.264 e. The van der Waals surface area contributed by atoms with Gasteiger partial charge in [0.05, 0.1) is 10.2 Å². The van der Waals surface area contributed by atoms with Crippen LogP contribution in [0.4, 0.5) is 5.69 Å². The number of aromatic nitrogens is 1. The first-order valence-electron chi connectivity index (χ1n) is 7.34. The SMILES string of the molecule is CC(CC(=O)Nc1cc(Br)c(=O)n(C)c1)C1CCCNC1. The summed E-state index contributed by atoms with van der Waals surface area (Å²) in [6.07, 6.45) is 4.52. The Balaban J connectivity index is 1.93. The van der Waals surface area contributed by atoms with E-state index in [1.807, 2.05) is 0 Å². The lowest BCUT2D eigenvalue weighted by Crippen LogP contribution is -2.34. The highest BCUT2D eigenvalue weighted by Crippen LogP contribution is 2.23. The highest BCUT2D eigenvalue weighted by molar-refractivity contribution is 9.10. The second-order valence-electron chi connectivity index (χ2n) is 5.83. The zero-order valence-corrected chi connectivity index (χ0v) is 14.1. The average molecular weight is 356 g/mol. The van der Waals surface area contributed by atoms with Crippen molar-refractivity contribution in [3.8, 4) is 0 Å². The number of carbonyl (C=O) groups is 1. The molecule has 2 rings (SSSR count). The van der Waals surface area contributed by atoms with E-state index in [-0.39, 0.29) is 11.5 Å². The molecule has 2 atom stereocenters. The maximum atomic E-state index is 12.1. The van der Waals surface area contributed by atoms with Gasteiger partial charge in [0.1, 0.15) is 0 Å². The van der Waals surface area contributed by atoms with Gasteiger partial charge in [-0.2, -0.15) is 0 Å². The number of piperidine rings is 1. The molecule has 0 aliphatic carbocycles. The molecule has 0 bridgehead atoms. The third kappa shape index (κ3) is 4.41. The molecule has 1 amide bonds. The molecular weight excluding hydrogens is 334 g/mol. The van der Waals surface area contributed by atoms with Crippen LogP contribution in [0.2, 0.25) is 0 Å². The summed E-state index contributed by atoms with van der Waals surface area (Å²) in [6, 6.07) is 1.65. The fraction of sp³-hybridized carbons (Fsp3) is 0.600. The van der Waals surface area contributed by atoms with Crippen LogP contribution in [0.1, 0.15) is 26.2 Å². The van der Waals surface area contributed by atoms with Crippen LogP contribution in [0.15, 0.2) is 21.5 Å². The minimum absolute atomic E-state index is 0.00128. The summed E-state index contributed by atoms with van der Waals surface area (Å²) in [5.41, 5.74) is 0.526. The van der Waals surface area contributed by atoms with Crippen molar-refractivity contribution >= 4 is 27.5 Å². The molecule has 1 aliphatic heterocycles. The zero-order chi connectivity index (χ0) is 15.4. The fourth-order valence-electron chi connectivity index (χ4n) is 2.78. The Kier molecular flexibility index (Phi) is 5.58. The van der Waals surface area contributed by atoms with E-state index in [0.29, 0.717) is 28.4 Å². The molecule has 2 N–H and O–H groups in total. The maximum Gasteiger partial charge on any atom is 0.264 e. The Labute approximate surface area is 133 Å². The van der Waals surface area contributed by atoms with Crippen molar-refractivity contribution in [1.82, 2.24) is 9.88 Å². The highest BCUT2D eigenvalue weighted by atomic mass is 79.9. The molecule has 0 radical (unpaired) electrons. The average Bonchev–Trinajstić information content (AvgIpc) is 2.45. The van der Waals surface area contributed by atoms with Crippen LogP contribution in [0.5, 0.6) is 0 Å². The minimum Gasteiger partial charge on any atom is -0.325 e. The molecule has 6 heteroatoms. The lowest BCUT2D eigenvalue weighted by molar-refractivity contribution is -0.117. The fourth-order valence-corrected chi connectivity index (χ4v) is 3.30. The van der Waals surface area contributed by atoms with Gasteiger partial charge in [-0.25, -0.2) is 0 Å². The van der Waals surface area contributed by atoms with Gasteiger partial charge in [-0.1, -0.05) is 6.92 Å². The maximum absolute atomic E-state index is 12.1. The number of rotatable bonds is 4. The number of aryl methyl sites for hydroxylation is 1. The van der Waals surface area contributed by atoms with Crippen molar-refractivity contribution in [3.05, 3.63) is 27.1 Å². The van der Waals surface area contributed by atoms with E-state index in [1.54, 1.807) is 19.3 Å². The number of nitrogens with zero attached hydrogens (tertiary/aromatic N) is 1. The number of amides is 1. The number of anilines is 1. The number of pyridine rings is 1. The molecule has 0 aromatic carbocycles. The van der Waals surface area contributed by atoms with Gasteiger partial charge >= 0.3 is 0 Å². The van der Waals surface area contributed by atoms with Crippen molar-refractivity contribution in [3.63, 3.8) is 0 Å². The molecule has 0 saturated carbocycles. The number of nitrogens with one attached hydrogen (secondary N) is 2. The summed E-state index contributed by atoms with van der Waals surface area (Å²) in [4.78, 5) is 23.7. The van der Waals surface area contributed by atoms with Crippen LogP contribution in [-0.2, 0) is 11.8 Å². The number of carbonyl (C=O) groups excluding carboxylic acids is 1. The Morgan fingerprint density at radius 3 is 3.00 bits per heavy atom. The van der Waals surface area contributed by atoms with Crippen molar-refractivity contribution in [2.75, 3.05) is 18.4 Å².